The minimum atomic E-state index is -0.619. The summed E-state index contributed by atoms with van der Waals surface area (Å²) in [5.41, 5.74) is 6.71. The van der Waals surface area contributed by atoms with Crippen molar-refractivity contribution in [2.45, 2.75) is 24.7 Å². The van der Waals surface area contributed by atoms with Crippen molar-refractivity contribution in [3.63, 3.8) is 0 Å². The summed E-state index contributed by atoms with van der Waals surface area (Å²) in [5, 5.41) is 15.2. The molecule has 178 valence electrons. The van der Waals surface area contributed by atoms with Crippen molar-refractivity contribution in [3.8, 4) is 11.3 Å². The Bertz CT molecular complexity index is 1390. The molecular formula is C30H26N4O2. The number of carbonyl (C=O) groups excluding carboxylic acids is 1. The van der Waals surface area contributed by atoms with Crippen LogP contribution in [0.4, 0.5) is 0 Å². The Morgan fingerprint density at radius 1 is 0.889 bits per heavy atom. The normalized spacial score (nSPS) is 14.6. The summed E-state index contributed by atoms with van der Waals surface area (Å²) in [7, 11) is 0. The molecule has 6 rings (SSSR count). The molecule has 0 spiro atoms. The average molecular weight is 475 g/mol. The lowest BCUT2D eigenvalue weighted by molar-refractivity contribution is 0.0517. The standard InChI is InChI=1S/C30H26N4O2/c1-2-36-29(35)28-26-24(18-25-23(19-31-32-25)27(26)33-34-28)30(20-12-6-3-7-13-20,21-14-8-4-9-15-21)22-16-10-5-11-17-22/h3-17,19,24H,2,18H2,1H3,(H,31,32)(H,33,34). The molecule has 6 nitrogen and oxygen atoms in total. The summed E-state index contributed by atoms with van der Waals surface area (Å²) in [6, 6.07) is 31.6. The maximum Gasteiger partial charge on any atom is 0.356 e. The molecule has 0 amide bonds. The molecule has 5 aromatic rings. The number of rotatable bonds is 6. The first-order valence-corrected chi connectivity index (χ1v) is 12.2. The van der Waals surface area contributed by atoms with Crippen LogP contribution in [0.2, 0.25) is 0 Å². The van der Waals surface area contributed by atoms with Gasteiger partial charge in [0.15, 0.2) is 0 Å². The van der Waals surface area contributed by atoms with Crippen LogP contribution in [-0.2, 0) is 16.6 Å². The first-order valence-electron chi connectivity index (χ1n) is 12.2. The Balaban J connectivity index is 1.72. The van der Waals surface area contributed by atoms with Gasteiger partial charge in [0.2, 0.25) is 0 Å². The van der Waals surface area contributed by atoms with Crippen LogP contribution in [0.25, 0.3) is 11.3 Å². The van der Waals surface area contributed by atoms with E-state index in [1.807, 2.05) is 25.1 Å². The number of nitrogens with one attached hydrogen (secondary N) is 2. The van der Waals surface area contributed by atoms with Crippen molar-refractivity contribution in [2.75, 3.05) is 6.61 Å². The lowest BCUT2D eigenvalue weighted by Gasteiger charge is -2.44. The number of ether oxygens (including phenoxy) is 1. The molecule has 2 heterocycles. The molecule has 1 atom stereocenters. The van der Waals surface area contributed by atoms with E-state index in [2.05, 4.69) is 93.2 Å². The smallest absolute Gasteiger partial charge is 0.356 e. The fourth-order valence-electron chi connectivity index (χ4n) is 5.81. The Labute approximate surface area is 209 Å². The third-order valence-electron chi connectivity index (χ3n) is 7.22. The van der Waals surface area contributed by atoms with Crippen LogP contribution in [0, 0.1) is 0 Å². The van der Waals surface area contributed by atoms with E-state index in [-0.39, 0.29) is 12.5 Å². The largest absolute Gasteiger partial charge is 0.461 e. The molecule has 1 unspecified atom stereocenters. The summed E-state index contributed by atoms with van der Waals surface area (Å²) in [4.78, 5) is 13.2. The molecule has 0 saturated carbocycles. The van der Waals surface area contributed by atoms with Crippen molar-refractivity contribution in [3.05, 3.63) is 131 Å². The molecule has 2 aromatic heterocycles. The molecule has 0 fully saturated rings. The van der Waals surface area contributed by atoms with Crippen molar-refractivity contribution in [1.82, 2.24) is 20.4 Å². The summed E-state index contributed by atoms with van der Waals surface area (Å²) < 4.78 is 5.47. The zero-order valence-corrected chi connectivity index (χ0v) is 19.9. The maximum atomic E-state index is 13.2. The quantitative estimate of drug-likeness (QED) is 0.246. The summed E-state index contributed by atoms with van der Waals surface area (Å²) >= 11 is 0. The van der Waals surface area contributed by atoms with Crippen LogP contribution in [0.3, 0.4) is 0 Å². The first-order chi connectivity index (χ1) is 17.7. The van der Waals surface area contributed by atoms with Gasteiger partial charge in [0.05, 0.1) is 23.9 Å². The molecule has 1 aliphatic carbocycles. The second kappa shape index (κ2) is 8.96. The molecule has 0 aliphatic heterocycles. The van der Waals surface area contributed by atoms with Gasteiger partial charge in [0, 0.05) is 22.7 Å². The Morgan fingerprint density at radius 2 is 1.44 bits per heavy atom. The van der Waals surface area contributed by atoms with E-state index in [0.717, 1.165) is 39.2 Å². The zero-order chi connectivity index (χ0) is 24.5. The number of hydrogen-bond donors (Lipinski definition) is 2. The predicted octanol–water partition coefficient (Wildman–Crippen LogP) is 5.65. The zero-order valence-electron chi connectivity index (χ0n) is 19.9. The topological polar surface area (TPSA) is 83.7 Å². The van der Waals surface area contributed by atoms with Gasteiger partial charge < -0.3 is 4.74 Å². The van der Waals surface area contributed by atoms with Gasteiger partial charge in [-0.3, -0.25) is 10.2 Å². The van der Waals surface area contributed by atoms with E-state index in [4.69, 9.17) is 4.74 Å². The first kappa shape index (κ1) is 22.0. The van der Waals surface area contributed by atoms with Gasteiger partial charge in [-0.05, 0) is 30.0 Å². The molecule has 0 bridgehead atoms. The number of esters is 1. The van der Waals surface area contributed by atoms with Crippen LogP contribution in [0.1, 0.15) is 51.3 Å². The average Bonchev–Trinajstić information content (AvgIpc) is 3.59. The molecule has 0 radical (unpaired) electrons. The number of H-pyrrole nitrogens is 2. The number of carbonyl (C=O) groups is 1. The molecular weight excluding hydrogens is 448 g/mol. The van der Waals surface area contributed by atoms with Crippen molar-refractivity contribution in [1.29, 1.82) is 0 Å². The van der Waals surface area contributed by atoms with Crippen molar-refractivity contribution in [2.24, 2.45) is 0 Å². The molecule has 6 heteroatoms. The highest BCUT2D eigenvalue weighted by atomic mass is 16.5. The van der Waals surface area contributed by atoms with E-state index < -0.39 is 11.4 Å². The third-order valence-corrected chi connectivity index (χ3v) is 7.22. The van der Waals surface area contributed by atoms with Gasteiger partial charge in [-0.15, -0.1) is 0 Å². The maximum absolute atomic E-state index is 13.2. The van der Waals surface area contributed by atoms with E-state index in [1.165, 1.54) is 0 Å². The number of aromatic amines is 2. The Kier molecular flexibility index (Phi) is 5.49. The number of nitrogens with zero attached hydrogens (tertiary/aromatic N) is 2. The summed E-state index contributed by atoms with van der Waals surface area (Å²) in [5.74, 6) is -0.572. The van der Waals surface area contributed by atoms with Crippen LogP contribution in [0.15, 0.2) is 97.2 Å². The second-order valence-corrected chi connectivity index (χ2v) is 9.01. The van der Waals surface area contributed by atoms with Crippen molar-refractivity contribution < 1.29 is 9.53 Å². The SMILES string of the molecule is CCOC(=O)c1[nH]nc2c1C(C(c1ccccc1)(c1ccccc1)c1ccccc1)Cc1[nH]ncc1-2. The van der Waals surface area contributed by atoms with E-state index >= 15 is 0 Å². The highest BCUT2D eigenvalue weighted by molar-refractivity contribution is 5.92. The van der Waals surface area contributed by atoms with Crippen LogP contribution < -0.4 is 0 Å². The van der Waals surface area contributed by atoms with E-state index in [9.17, 15) is 4.79 Å². The van der Waals surface area contributed by atoms with Gasteiger partial charge in [0.1, 0.15) is 5.69 Å². The molecule has 3 aromatic carbocycles. The second-order valence-electron chi connectivity index (χ2n) is 9.01. The van der Waals surface area contributed by atoms with Gasteiger partial charge in [0.25, 0.3) is 0 Å². The van der Waals surface area contributed by atoms with E-state index in [1.54, 1.807) is 6.20 Å². The van der Waals surface area contributed by atoms with Crippen LogP contribution in [0.5, 0.6) is 0 Å². The number of benzene rings is 3. The Morgan fingerprint density at radius 3 is 1.97 bits per heavy atom. The number of hydrogen-bond acceptors (Lipinski definition) is 4. The number of aromatic nitrogens is 4. The van der Waals surface area contributed by atoms with Crippen LogP contribution >= 0.6 is 0 Å². The third kappa shape index (κ3) is 3.29. The minimum Gasteiger partial charge on any atom is -0.461 e. The molecule has 0 saturated heterocycles. The lowest BCUT2D eigenvalue weighted by atomic mass is 9.57. The van der Waals surface area contributed by atoms with Crippen molar-refractivity contribution >= 4 is 5.97 Å². The fourth-order valence-corrected chi connectivity index (χ4v) is 5.81. The highest BCUT2D eigenvalue weighted by Gasteiger charge is 2.49. The number of fused-ring (bicyclic) bond motifs is 3. The predicted molar refractivity (Wildman–Crippen MR) is 138 cm³/mol. The van der Waals surface area contributed by atoms with Gasteiger partial charge in [-0.1, -0.05) is 91.0 Å². The monoisotopic (exact) mass is 474 g/mol. The van der Waals surface area contributed by atoms with Gasteiger partial charge >= 0.3 is 5.97 Å². The summed E-state index contributed by atoms with van der Waals surface area (Å²) in [6.07, 6.45) is 2.43. The van der Waals surface area contributed by atoms with E-state index in [0.29, 0.717) is 12.1 Å². The Hall–Kier alpha value is -4.45. The van der Waals surface area contributed by atoms with Crippen LogP contribution in [-0.4, -0.2) is 33.0 Å². The van der Waals surface area contributed by atoms with Gasteiger partial charge in [-0.25, -0.2) is 4.79 Å². The van der Waals surface area contributed by atoms with Gasteiger partial charge in [-0.2, -0.15) is 10.2 Å². The molecule has 1 aliphatic rings. The summed E-state index contributed by atoms with van der Waals surface area (Å²) in [6.45, 7) is 2.10. The molecule has 36 heavy (non-hydrogen) atoms. The molecule has 2 N–H and O–H groups in total. The highest BCUT2D eigenvalue weighted by Crippen LogP contribution is 2.55. The fraction of sp³-hybridized carbons (Fsp3) is 0.167. The minimum absolute atomic E-state index is 0.175. The lowest BCUT2D eigenvalue weighted by Crippen LogP contribution is -2.39.